The lowest BCUT2D eigenvalue weighted by Crippen LogP contribution is -2.10. The van der Waals surface area contributed by atoms with Gasteiger partial charge in [0.2, 0.25) is 5.91 Å². The van der Waals surface area contributed by atoms with Crippen molar-refractivity contribution in [3.63, 3.8) is 0 Å². The molecule has 4 rings (SSSR count). The van der Waals surface area contributed by atoms with E-state index in [0.717, 1.165) is 11.3 Å². The van der Waals surface area contributed by atoms with Crippen LogP contribution in [0.2, 0.25) is 0 Å². The zero-order chi connectivity index (χ0) is 23.2. The van der Waals surface area contributed by atoms with Crippen molar-refractivity contribution in [1.29, 1.82) is 0 Å². The number of rotatable bonds is 8. The number of anilines is 1. The minimum Gasteiger partial charge on any atom is -0.326 e. The van der Waals surface area contributed by atoms with Crippen molar-refractivity contribution >= 4 is 29.1 Å². The van der Waals surface area contributed by atoms with Crippen molar-refractivity contribution in [2.45, 2.75) is 18.5 Å². The van der Waals surface area contributed by atoms with E-state index in [1.165, 1.54) is 23.9 Å². The number of carbonyl (C=O) groups excluding carboxylic acids is 2. The van der Waals surface area contributed by atoms with Crippen molar-refractivity contribution in [2.75, 3.05) is 11.1 Å². The van der Waals surface area contributed by atoms with Crippen LogP contribution in [-0.4, -0.2) is 32.2 Å². The van der Waals surface area contributed by atoms with Gasteiger partial charge in [0.1, 0.15) is 5.82 Å². The number of benzene rings is 3. The number of nitrogens with one attached hydrogen (secondary N) is 1. The first-order valence-electron chi connectivity index (χ1n) is 10.4. The first-order chi connectivity index (χ1) is 16.0. The van der Waals surface area contributed by atoms with Crippen LogP contribution >= 0.6 is 11.8 Å². The van der Waals surface area contributed by atoms with Crippen molar-refractivity contribution < 1.29 is 14.0 Å². The number of ketones is 1. The number of Topliss-reactive ketones (excluding diaryl/α,β-unsaturated/α-hetero) is 1. The zero-order valence-electron chi connectivity index (χ0n) is 17.9. The highest BCUT2D eigenvalue weighted by Crippen LogP contribution is 2.28. The molecule has 0 saturated carbocycles. The lowest BCUT2D eigenvalue weighted by atomic mass is 10.1. The molecule has 0 aliphatic carbocycles. The highest BCUT2D eigenvalue weighted by Gasteiger charge is 2.18. The standard InChI is InChI=1S/C25H21FN4O2S/c1-2-23(32)27-20-14-10-17(11-15-20)22(31)16-33-25-29-28-24(18-8-12-19(26)13-9-18)30(25)21-6-4-3-5-7-21/h3-15H,2,16H2,1H3,(H,27,32). The van der Waals surface area contributed by atoms with Crippen molar-refractivity contribution in [2.24, 2.45) is 0 Å². The molecular weight excluding hydrogens is 439 g/mol. The second kappa shape index (κ2) is 10.2. The Balaban J connectivity index is 1.55. The minimum atomic E-state index is -0.329. The highest BCUT2D eigenvalue weighted by atomic mass is 32.2. The Bertz CT molecular complexity index is 1260. The summed E-state index contributed by atoms with van der Waals surface area (Å²) in [6, 6.07) is 22.4. The Labute approximate surface area is 194 Å². The van der Waals surface area contributed by atoms with Gasteiger partial charge in [0.05, 0.1) is 5.75 Å². The molecule has 6 nitrogen and oxygen atoms in total. The van der Waals surface area contributed by atoms with E-state index in [2.05, 4.69) is 15.5 Å². The van der Waals surface area contributed by atoms with Gasteiger partial charge in [0.15, 0.2) is 16.8 Å². The Morgan fingerprint density at radius 2 is 1.64 bits per heavy atom. The lowest BCUT2D eigenvalue weighted by molar-refractivity contribution is -0.115. The monoisotopic (exact) mass is 460 g/mol. The maximum absolute atomic E-state index is 13.4. The summed E-state index contributed by atoms with van der Waals surface area (Å²) in [5, 5.41) is 11.9. The molecule has 0 aliphatic rings. The van der Waals surface area contributed by atoms with Gasteiger partial charge in [-0.3, -0.25) is 14.2 Å². The molecule has 0 bridgehead atoms. The lowest BCUT2D eigenvalue weighted by Gasteiger charge is -2.10. The second-order valence-electron chi connectivity index (χ2n) is 7.17. The van der Waals surface area contributed by atoms with Crippen molar-refractivity contribution in [3.05, 3.63) is 90.2 Å². The summed E-state index contributed by atoms with van der Waals surface area (Å²) in [4.78, 5) is 24.3. The van der Waals surface area contributed by atoms with Crippen LogP contribution in [0.5, 0.6) is 0 Å². The van der Waals surface area contributed by atoms with Crippen LogP contribution in [0.4, 0.5) is 10.1 Å². The number of amides is 1. The molecular formula is C25H21FN4O2S. The Kier molecular flexibility index (Phi) is 6.95. The third-order valence-corrected chi connectivity index (χ3v) is 5.82. The van der Waals surface area contributed by atoms with Crippen LogP contribution < -0.4 is 5.32 Å². The van der Waals surface area contributed by atoms with E-state index in [-0.39, 0.29) is 23.3 Å². The molecule has 0 radical (unpaired) electrons. The van der Waals surface area contributed by atoms with E-state index in [1.54, 1.807) is 43.3 Å². The fourth-order valence-electron chi connectivity index (χ4n) is 3.16. The zero-order valence-corrected chi connectivity index (χ0v) is 18.7. The predicted octanol–water partition coefficient (Wildman–Crippen LogP) is 5.40. The molecule has 0 spiro atoms. The van der Waals surface area contributed by atoms with Crippen LogP contribution in [0.15, 0.2) is 84.0 Å². The van der Waals surface area contributed by atoms with Gasteiger partial charge in [-0.1, -0.05) is 36.9 Å². The number of hydrogen-bond acceptors (Lipinski definition) is 5. The van der Waals surface area contributed by atoms with E-state index < -0.39 is 0 Å². The summed E-state index contributed by atoms with van der Waals surface area (Å²) in [6.07, 6.45) is 0.388. The minimum absolute atomic E-state index is 0.0701. The molecule has 3 aromatic carbocycles. The molecule has 1 amide bonds. The molecule has 1 aromatic heterocycles. The van der Waals surface area contributed by atoms with Crippen LogP contribution in [0.3, 0.4) is 0 Å². The summed E-state index contributed by atoms with van der Waals surface area (Å²) in [7, 11) is 0. The Hall–Kier alpha value is -3.78. The third kappa shape index (κ3) is 5.35. The Morgan fingerprint density at radius 3 is 2.30 bits per heavy atom. The fraction of sp³-hybridized carbons (Fsp3) is 0.120. The summed E-state index contributed by atoms with van der Waals surface area (Å²) >= 11 is 1.28. The van der Waals surface area contributed by atoms with Crippen LogP contribution in [0.25, 0.3) is 17.1 Å². The molecule has 166 valence electrons. The molecule has 0 fully saturated rings. The van der Waals surface area contributed by atoms with Gasteiger partial charge in [-0.05, 0) is 60.7 Å². The quantitative estimate of drug-likeness (QED) is 0.282. The average molecular weight is 461 g/mol. The molecule has 0 saturated heterocycles. The van der Waals surface area contributed by atoms with E-state index in [0.29, 0.717) is 28.7 Å². The van der Waals surface area contributed by atoms with E-state index in [9.17, 15) is 14.0 Å². The first-order valence-corrected chi connectivity index (χ1v) is 11.4. The summed E-state index contributed by atoms with van der Waals surface area (Å²) in [6.45, 7) is 1.78. The number of aromatic nitrogens is 3. The first kappa shape index (κ1) is 22.4. The van der Waals surface area contributed by atoms with Gasteiger partial charge in [-0.2, -0.15) is 0 Å². The SMILES string of the molecule is CCC(=O)Nc1ccc(C(=O)CSc2nnc(-c3ccc(F)cc3)n2-c2ccccc2)cc1. The molecule has 0 aliphatic heterocycles. The molecule has 8 heteroatoms. The number of hydrogen-bond donors (Lipinski definition) is 1. The number of thioether (sulfide) groups is 1. The molecule has 4 aromatic rings. The average Bonchev–Trinajstić information content (AvgIpc) is 3.28. The molecule has 0 atom stereocenters. The second-order valence-corrected chi connectivity index (χ2v) is 8.12. The van der Waals surface area contributed by atoms with Gasteiger partial charge < -0.3 is 5.32 Å². The summed E-state index contributed by atoms with van der Waals surface area (Å²) in [5.74, 6) is 0.244. The normalized spacial score (nSPS) is 10.7. The third-order valence-electron chi connectivity index (χ3n) is 4.89. The molecule has 33 heavy (non-hydrogen) atoms. The maximum Gasteiger partial charge on any atom is 0.224 e. The molecule has 1 heterocycles. The Morgan fingerprint density at radius 1 is 0.939 bits per heavy atom. The number of carbonyl (C=O) groups is 2. The fourth-order valence-corrected chi connectivity index (χ4v) is 4.01. The van der Waals surface area contributed by atoms with E-state index in [1.807, 2.05) is 34.9 Å². The number of halogens is 1. The smallest absolute Gasteiger partial charge is 0.224 e. The van der Waals surface area contributed by atoms with Crippen LogP contribution in [0.1, 0.15) is 23.7 Å². The van der Waals surface area contributed by atoms with Crippen LogP contribution in [-0.2, 0) is 4.79 Å². The predicted molar refractivity (Wildman–Crippen MR) is 127 cm³/mol. The van der Waals surface area contributed by atoms with Crippen LogP contribution in [0, 0.1) is 5.82 Å². The number of para-hydroxylation sites is 1. The number of nitrogens with zero attached hydrogens (tertiary/aromatic N) is 3. The maximum atomic E-state index is 13.4. The van der Waals surface area contributed by atoms with Gasteiger partial charge >= 0.3 is 0 Å². The van der Waals surface area contributed by atoms with Gasteiger partial charge in [0, 0.05) is 28.9 Å². The van der Waals surface area contributed by atoms with Gasteiger partial charge in [-0.15, -0.1) is 10.2 Å². The molecule has 1 N–H and O–H groups in total. The van der Waals surface area contributed by atoms with Gasteiger partial charge in [0.25, 0.3) is 0 Å². The molecule has 0 unspecified atom stereocenters. The van der Waals surface area contributed by atoms with E-state index >= 15 is 0 Å². The van der Waals surface area contributed by atoms with Crippen molar-refractivity contribution in [3.8, 4) is 17.1 Å². The van der Waals surface area contributed by atoms with E-state index in [4.69, 9.17) is 0 Å². The summed E-state index contributed by atoms with van der Waals surface area (Å²) < 4.78 is 15.3. The highest BCUT2D eigenvalue weighted by molar-refractivity contribution is 7.99. The topological polar surface area (TPSA) is 76.9 Å². The van der Waals surface area contributed by atoms with Crippen molar-refractivity contribution in [1.82, 2.24) is 14.8 Å². The summed E-state index contributed by atoms with van der Waals surface area (Å²) in [5.41, 5.74) is 2.75. The largest absolute Gasteiger partial charge is 0.326 e. The van der Waals surface area contributed by atoms with Gasteiger partial charge in [-0.25, -0.2) is 4.39 Å².